The Kier molecular flexibility index (Phi) is 7.09. The minimum atomic E-state index is -0.173. The summed E-state index contributed by atoms with van der Waals surface area (Å²) >= 11 is 5.66. The molecule has 0 unspecified atom stereocenters. The van der Waals surface area contributed by atoms with Crippen LogP contribution in [0, 0.1) is 5.92 Å². The van der Waals surface area contributed by atoms with E-state index in [1.165, 1.54) is 19.2 Å². The number of thiocarbonyl (C=S) groups is 1. The number of ether oxygens (including phenoxy) is 1. The molecule has 1 aliphatic rings. The fraction of sp³-hybridized carbons (Fsp3) is 0.667. The normalized spacial score (nSPS) is 21.2. The van der Waals surface area contributed by atoms with E-state index in [2.05, 4.69) is 51.8 Å². The number of rotatable bonds is 5. The summed E-state index contributed by atoms with van der Waals surface area (Å²) in [5.74, 6) is 0.549. The van der Waals surface area contributed by atoms with Crippen LogP contribution in [0.2, 0.25) is 0 Å². The first-order chi connectivity index (χ1) is 11.5. The summed E-state index contributed by atoms with van der Waals surface area (Å²) in [6.45, 7) is 3.98. The molecule has 5 nitrogen and oxygen atoms in total. The number of hydrogen-bond acceptors (Lipinski definition) is 3. The third-order valence-electron chi connectivity index (χ3n) is 4.82. The third-order valence-corrected chi connectivity index (χ3v) is 5.20. The van der Waals surface area contributed by atoms with Gasteiger partial charge in [0.15, 0.2) is 5.11 Å². The van der Waals surface area contributed by atoms with E-state index >= 15 is 0 Å². The number of aryl methyl sites for hydroxylation is 1. The Labute approximate surface area is 150 Å². The molecule has 0 bridgehead atoms. The lowest BCUT2D eigenvalue weighted by Crippen LogP contribution is -2.42. The van der Waals surface area contributed by atoms with Crippen molar-refractivity contribution in [3.05, 3.63) is 24.0 Å². The fourth-order valence-corrected chi connectivity index (χ4v) is 3.58. The highest BCUT2D eigenvalue weighted by molar-refractivity contribution is 7.80. The van der Waals surface area contributed by atoms with Crippen molar-refractivity contribution in [1.82, 2.24) is 14.8 Å². The maximum atomic E-state index is 11.2. The van der Waals surface area contributed by atoms with Gasteiger partial charge in [-0.3, -0.25) is 4.79 Å². The van der Waals surface area contributed by atoms with E-state index in [-0.39, 0.29) is 5.97 Å². The molecule has 1 aliphatic heterocycles. The molecule has 1 N–H and O–H groups in total. The molecule has 0 saturated carbocycles. The number of esters is 1. The van der Waals surface area contributed by atoms with Gasteiger partial charge in [0.25, 0.3) is 0 Å². The molecular weight excluding hydrogens is 322 g/mol. The lowest BCUT2D eigenvalue weighted by molar-refractivity contribution is -0.140. The van der Waals surface area contributed by atoms with Gasteiger partial charge < -0.3 is 19.5 Å². The van der Waals surface area contributed by atoms with E-state index in [1.807, 2.05) is 0 Å². The highest BCUT2D eigenvalue weighted by atomic mass is 32.1. The molecule has 0 amide bonds. The summed E-state index contributed by atoms with van der Waals surface area (Å²) in [7, 11) is 3.51. The zero-order chi connectivity index (χ0) is 17.5. The average molecular weight is 352 g/mol. The first-order valence-corrected chi connectivity index (χ1v) is 9.16. The Hall–Kier alpha value is -1.56. The zero-order valence-corrected chi connectivity index (χ0v) is 15.8. The number of likely N-dealkylation sites (tertiary alicyclic amines) is 1. The minimum absolute atomic E-state index is 0.173. The van der Waals surface area contributed by atoms with Gasteiger partial charge in [-0.15, -0.1) is 0 Å². The van der Waals surface area contributed by atoms with E-state index in [9.17, 15) is 4.79 Å². The van der Waals surface area contributed by atoms with Gasteiger partial charge in [-0.1, -0.05) is 6.92 Å². The standard InChI is InChI=1S/C18H29N3O2S/c1-14-8-9-16(15-6-5-12-20(15)2)21(13-10-14)18(24)19-11-4-7-17(22)23-3/h5-6,12,14,16H,4,7-11,13H2,1-3H3,(H,19,24)/t14-,16+/m1/s1. The lowest BCUT2D eigenvalue weighted by Gasteiger charge is -2.33. The van der Waals surface area contributed by atoms with Gasteiger partial charge in [0.1, 0.15) is 0 Å². The molecule has 2 heterocycles. The molecule has 1 fully saturated rings. The van der Waals surface area contributed by atoms with E-state index in [0.29, 0.717) is 19.0 Å². The van der Waals surface area contributed by atoms with E-state index < -0.39 is 0 Å². The summed E-state index contributed by atoms with van der Waals surface area (Å²) in [6.07, 6.45) is 6.73. The van der Waals surface area contributed by atoms with E-state index in [4.69, 9.17) is 12.2 Å². The Bertz CT molecular complexity index is 558. The smallest absolute Gasteiger partial charge is 0.305 e. The van der Waals surface area contributed by atoms with Crippen molar-refractivity contribution in [2.24, 2.45) is 13.0 Å². The molecule has 1 aromatic rings. The lowest BCUT2D eigenvalue weighted by atomic mass is 10.0. The topological polar surface area (TPSA) is 46.5 Å². The van der Waals surface area contributed by atoms with Crippen LogP contribution in [-0.2, 0) is 16.6 Å². The van der Waals surface area contributed by atoms with Crippen LogP contribution in [-0.4, -0.2) is 40.7 Å². The SMILES string of the molecule is COC(=O)CCCNC(=S)N1CC[C@H](C)CC[C@H]1c1cccn1C. The Morgan fingerprint density at radius 3 is 2.88 bits per heavy atom. The molecule has 134 valence electrons. The van der Waals surface area contributed by atoms with Crippen molar-refractivity contribution in [1.29, 1.82) is 0 Å². The van der Waals surface area contributed by atoms with Crippen molar-refractivity contribution in [2.45, 2.75) is 45.1 Å². The summed E-state index contributed by atoms with van der Waals surface area (Å²) < 4.78 is 6.86. The summed E-state index contributed by atoms with van der Waals surface area (Å²) in [6, 6.07) is 4.60. The quantitative estimate of drug-likeness (QED) is 0.502. The van der Waals surface area contributed by atoms with E-state index in [0.717, 1.165) is 36.8 Å². The molecule has 1 aromatic heterocycles. The summed E-state index contributed by atoms with van der Waals surface area (Å²) in [4.78, 5) is 13.5. The average Bonchev–Trinajstić information content (AvgIpc) is 2.89. The van der Waals surface area contributed by atoms with Crippen LogP contribution in [0.25, 0.3) is 0 Å². The third kappa shape index (κ3) is 4.97. The Balaban J connectivity index is 1.99. The predicted octanol–water partition coefficient (Wildman–Crippen LogP) is 3.02. The second-order valence-electron chi connectivity index (χ2n) is 6.64. The predicted molar refractivity (Wildman–Crippen MR) is 99.7 cm³/mol. The number of nitrogens with one attached hydrogen (secondary N) is 1. The number of carbonyl (C=O) groups is 1. The van der Waals surface area contributed by atoms with Crippen LogP contribution in [0.3, 0.4) is 0 Å². The summed E-state index contributed by atoms with van der Waals surface area (Å²) in [5.41, 5.74) is 1.31. The molecule has 2 atom stereocenters. The largest absolute Gasteiger partial charge is 0.469 e. The molecule has 6 heteroatoms. The fourth-order valence-electron chi connectivity index (χ4n) is 3.26. The van der Waals surface area contributed by atoms with Gasteiger partial charge in [0.2, 0.25) is 0 Å². The van der Waals surface area contributed by atoms with Crippen molar-refractivity contribution < 1.29 is 9.53 Å². The van der Waals surface area contributed by atoms with Crippen molar-refractivity contribution in [2.75, 3.05) is 20.2 Å². The molecule has 0 spiro atoms. The highest BCUT2D eigenvalue weighted by Crippen LogP contribution is 2.32. The number of carbonyl (C=O) groups excluding carboxylic acids is 1. The number of nitrogens with zero attached hydrogens (tertiary/aromatic N) is 2. The van der Waals surface area contributed by atoms with Crippen molar-refractivity contribution >= 4 is 23.3 Å². The molecule has 0 aliphatic carbocycles. The number of hydrogen-bond donors (Lipinski definition) is 1. The maximum Gasteiger partial charge on any atom is 0.305 e. The second kappa shape index (κ2) is 9.06. The van der Waals surface area contributed by atoms with Crippen molar-refractivity contribution in [3.63, 3.8) is 0 Å². The van der Waals surface area contributed by atoms with Gasteiger partial charge in [-0.25, -0.2) is 0 Å². The minimum Gasteiger partial charge on any atom is -0.469 e. The van der Waals surface area contributed by atoms with E-state index in [1.54, 1.807) is 0 Å². The van der Waals surface area contributed by atoms with Crippen LogP contribution in [0.1, 0.15) is 50.8 Å². The molecular formula is C18H29N3O2S. The molecule has 24 heavy (non-hydrogen) atoms. The first-order valence-electron chi connectivity index (χ1n) is 8.75. The van der Waals surface area contributed by atoms with Crippen LogP contribution in [0.4, 0.5) is 0 Å². The van der Waals surface area contributed by atoms with Gasteiger partial charge in [-0.05, 0) is 56.0 Å². The molecule has 0 radical (unpaired) electrons. The summed E-state index contributed by atoms with van der Waals surface area (Å²) in [5, 5.41) is 4.12. The molecule has 2 rings (SSSR count). The second-order valence-corrected chi connectivity index (χ2v) is 7.02. The number of aromatic nitrogens is 1. The van der Waals surface area contributed by atoms with Gasteiger partial charge >= 0.3 is 5.97 Å². The van der Waals surface area contributed by atoms with Crippen LogP contribution in [0.15, 0.2) is 18.3 Å². The maximum absolute atomic E-state index is 11.2. The number of methoxy groups -OCH3 is 1. The Morgan fingerprint density at radius 1 is 1.42 bits per heavy atom. The van der Waals surface area contributed by atoms with Gasteiger partial charge in [-0.2, -0.15) is 0 Å². The molecule has 0 aromatic carbocycles. The van der Waals surface area contributed by atoms with Crippen LogP contribution >= 0.6 is 12.2 Å². The van der Waals surface area contributed by atoms with Crippen molar-refractivity contribution in [3.8, 4) is 0 Å². The van der Waals surface area contributed by atoms with Crippen LogP contribution < -0.4 is 5.32 Å². The molecule has 1 saturated heterocycles. The zero-order valence-electron chi connectivity index (χ0n) is 15.0. The Morgan fingerprint density at radius 2 is 2.21 bits per heavy atom. The monoisotopic (exact) mass is 351 g/mol. The van der Waals surface area contributed by atoms with Crippen LogP contribution in [0.5, 0.6) is 0 Å². The first kappa shape index (κ1) is 18.8. The highest BCUT2D eigenvalue weighted by Gasteiger charge is 2.28. The van der Waals surface area contributed by atoms with Gasteiger partial charge in [0.05, 0.1) is 13.2 Å². The van der Waals surface area contributed by atoms with Gasteiger partial charge in [0, 0.05) is 38.4 Å².